The summed E-state index contributed by atoms with van der Waals surface area (Å²) in [7, 11) is 0. The van der Waals surface area contributed by atoms with E-state index < -0.39 is 11.8 Å². The standard InChI is InChI=1S/C24H30O5/c1-3-5-6-7-8-9-12-17-15-18(16-20(22(17)26)24(28)29-4-2)23(27)19-13-10-11-14-21(19)25/h10-11,13-16,25-26H,3-9,12H2,1-2H3. The lowest BCUT2D eigenvalue weighted by molar-refractivity contribution is 0.0523. The lowest BCUT2D eigenvalue weighted by Crippen LogP contribution is -2.10. The molecule has 0 heterocycles. The van der Waals surface area contributed by atoms with Crippen LogP contribution in [0.5, 0.6) is 11.5 Å². The molecule has 0 radical (unpaired) electrons. The smallest absolute Gasteiger partial charge is 0.341 e. The molecule has 0 amide bonds. The largest absolute Gasteiger partial charge is 0.507 e. The number of aromatic hydroxyl groups is 2. The number of ketones is 1. The first-order chi connectivity index (χ1) is 14.0. The third-order valence-electron chi connectivity index (χ3n) is 4.89. The number of ether oxygens (including phenoxy) is 1. The number of rotatable bonds is 11. The van der Waals surface area contributed by atoms with Gasteiger partial charge in [-0.1, -0.05) is 51.2 Å². The van der Waals surface area contributed by atoms with E-state index in [1.54, 1.807) is 25.1 Å². The minimum Gasteiger partial charge on any atom is -0.507 e. The van der Waals surface area contributed by atoms with Crippen LogP contribution in [0, 0.1) is 0 Å². The van der Waals surface area contributed by atoms with Crippen molar-refractivity contribution in [3.63, 3.8) is 0 Å². The van der Waals surface area contributed by atoms with Crippen LogP contribution in [0.15, 0.2) is 36.4 Å². The van der Waals surface area contributed by atoms with Gasteiger partial charge < -0.3 is 14.9 Å². The normalized spacial score (nSPS) is 10.7. The summed E-state index contributed by atoms with van der Waals surface area (Å²) in [5, 5.41) is 20.6. The molecule has 0 fully saturated rings. The van der Waals surface area contributed by atoms with Gasteiger partial charge in [0.15, 0.2) is 5.78 Å². The number of phenols is 2. The van der Waals surface area contributed by atoms with Gasteiger partial charge in [0.2, 0.25) is 0 Å². The van der Waals surface area contributed by atoms with Gasteiger partial charge in [-0.25, -0.2) is 4.79 Å². The first kappa shape index (κ1) is 22.5. The third-order valence-corrected chi connectivity index (χ3v) is 4.89. The highest BCUT2D eigenvalue weighted by Crippen LogP contribution is 2.30. The Kier molecular flexibility index (Phi) is 8.71. The van der Waals surface area contributed by atoms with Gasteiger partial charge in [0.1, 0.15) is 17.1 Å². The highest BCUT2D eigenvalue weighted by molar-refractivity contribution is 6.12. The maximum absolute atomic E-state index is 12.9. The number of para-hydroxylation sites is 1. The predicted molar refractivity (Wildman–Crippen MR) is 113 cm³/mol. The summed E-state index contributed by atoms with van der Waals surface area (Å²) in [4.78, 5) is 25.2. The average Bonchev–Trinajstić information content (AvgIpc) is 2.71. The molecule has 0 aliphatic heterocycles. The number of aryl methyl sites for hydroxylation is 1. The van der Waals surface area contributed by atoms with Gasteiger partial charge in [-0.15, -0.1) is 0 Å². The number of unbranched alkanes of at least 4 members (excludes halogenated alkanes) is 5. The Labute approximate surface area is 172 Å². The molecule has 2 N–H and O–H groups in total. The molecule has 0 aliphatic carbocycles. The van der Waals surface area contributed by atoms with Crippen LogP contribution in [0.25, 0.3) is 0 Å². The van der Waals surface area contributed by atoms with Crippen molar-refractivity contribution in [3.05, 3.63) is 58.7 Å². The number of benzene rings is 2. The second-order valence-corrected chi connectivity index (χ2v) is 7.12. The van der Waals surface area contributed by atoms with Gasteiger partial charge in [-0.2, -0.15) is 0 Å². The minimum atomic E-state index is -0.666. The molecule has 0 aliphatic rings. The maximum atomic E-state index is 12.9. The second kappa shape index (κ2) is 11.2. The van der Waals surface area contributed by atoms with E-state index in [-0.39, 0.29) is 34.8 Å². The molecule has 2 aromatic carbocycles. The van der Waals surface area contributed by atoms with E-state index >= 15 is 0 Å². The van der Waals surface area contributed by atoms with Crippen molar-refractivity contribution < 1.29 is 24.5 Å². The van der Waals surface area contributed by atoms with Crippen LogP contribution in [0.2, 0.25) is 0 Å². The van der Waals surface area contributed by atoms with Crippen molar-refractivity contribution in [2.24, 2.45) is 0 Å². The van der Waals surface area contributed by atoms with Gasteiger partial charge in [-0.3, -0.25) is 4.79 Å². The van der Waals surface area contributed by atoms with Crippen molar-refractivity contribution in [1.82, 2.24) is 0 Å². The van der Waals surface area contributed by atoms with Crippen LogP contribution in [0.1, 0.15) is 84.2 Å². The highest BCUT2D eigenvalue weighted by Gasteiger charge is 2.21. The van der Waals surface area contributed by atoms with Crippen molar-refractivity contribution in [3.8, 4) is 11.5 Å². The number of carbonyl (C=O) groups is 2. The summed E-state index contributed by atoms with van der Waals surface area (Å²) in [5.74, 6) is -1.33. The van der Waals surface area contributed by atoms with Crippen molar-refractivity contribution in [1.29, 1.82) is 0 Å². The van der Waals surface area contributed by atoms with E-state index in [2.05, 4.69) is 6.92 Å². The Morgan fingerprint density at radius 3 is 2.28 bits per heavy atom. The predicted octanol–water partition coefficient (Wildman–Crippen LogP) is 5.41. The summed E-state index contributed by atoms with van der Waals surface area (Å²) in [6, 6.07) is 9.22. The number of hydrogen-bond acceptors (Lipinski definition) is 5. The zero-order chi connectivity index (χ0) is 21.2. The van der Waals surface area contributed by atoms with Crippen molar-refractivity contribution in [2.75, 3.05) is 6.61 Å². The number of hydrogen-bond donors (Lipinski definition) is 2. The molecule has 5 nitrogen and oxygen atoms in total. The van der Waals surface area contributed by atoms with E-state index in [1.807, 2.05) is 0 Å². The zero-order valence-electron chi connectivity index (χ0n) is 17.2. The zero-order valence-corrected chi connectivity index (χ0v) is 17.2. The van der Waals surface area contributed by atoms with E-state index in [4.69, 9.17) is 4.74 Å². The van der Waals surface area contributed by atoms with Gasteiger partial charge in [0, 0.05) is 5.56 Å². The Bertz CT molecular complexity index is 841. The monoisotopic (exact) mass is 398 g/mol. The molecule has 0 spiro atoms. The summed E-state index contributed by atoms with van der Waals surface area (Å²) < 4.78 is 5.04. The fourth-order valence-corrected chi connectivity index (χ4v) is 3.30. The summed E-state index contributed by atoms with van der Waals surface area (Å²) in [5.41, 5.74) is 0.922. The topological polar surface area (TPSA) is 83.8 Å². The number of phenolic OH excluding ortho intramolecular Hbond substituents is 2. The molecule has 2 aromatic rings. The van der Waals surface area contributed by atoms with Crippen LogP contribution >= 0.6 is 0 Å². The van der Waals surface area contributed by atoms with Crippen LogP contribution < -0.4 is 0 Å². The second-order valence-electron chi connectivity index (χ2n) is 7.12. The van der Waals surface area contributed by atoms with E-state index in [0.29, 0.717) is 12.0 Å². The molecule has 5 heteroatoms. The molecular formula is C24H30O5. The summed E-state index contributed by atoms with van der Waals surface area (Å²) in [6.07, 6.45) is 7.13. The molecule has 0 aromatic heterocycles. The average molecular weight is 398 g/mol. The molecule has 0 bridgehead atoms. The molecular weight excluding hydrogens is 368 g/mol. The number of carbonyl (C=O) groups excluding carboxylic acids is 2. The fourth-order valence-electron chi connectivity index (χ4n) is 3.30. The molecule has 156 valence electrons. The fraction of sp³-hybridized carbons (Fsp3) is 0.417. The third kappa shape index (κ3) is 6.08. The van der Waals surface area contributed by atoms with Crippen LogP contribution in [-0.4, -0.2) is 28.6 Å². The molecule has 0 atom stereocenters. The Balaban J connectivity index is 2.30. The molecule has 0 unspecified atom stereocenters. The Morgan fingerprint density at radius 2 is 1.59 bits per heavy atom. The quantitative estimate of drug-likeness (QED) is 0.300. The Hall–Kier alpha value is -2.82. The lowest BCUT2D eigenvalue weighted by atomic mass is 9.94. The van der Waals surface area contributed by atoms with Gasteiger partial charge in [-0.05, 0) is 49.6 Å². The van der Waals surface area contributed by atoms with E-state index in [1.165, 1.54) is 37.5 Å². The Morgan fingerprint density at radius 1 is 0.897 bits per heavy atom. The van der Waals surface area contributed by atoms with Crippen LogP contribution in [0.3, 0.4) is 0 Å². The molecule has 0 saturated carbocycles. The van der Waals surface area contributed by atoms with Crippen LogP contribution in [0.4, 0.5) is 0 Å². The van der Waals surface area contributed by atoms with Gasteiger partial charge >= 0.3 is 5.97 Å². The lowest BCUT2D eigenvalue weighted by Gasteiger charge is -2.13. The van der Waals surface area contributed by atoms with Gasteiger partial charge in [0.05, 0.1) is 12.2 Å². The maximum Gasteiger partial charge on any atom is 0.341 e. The number of esters is 1. The van der Waals surface area contributed by atoms with Crippen LogP contribution in [-0.2, 0) is 11.2 Å². The van der Waals surface area contributed by atoms with Gasteiger partial charge in [0.25, 0.3) is 0 Å². The van der Waals surface area contributed by atoms with Crippen molar-refractivity contribution in [2.45, 2.75) is 58.8 Å². The highest BCUT2D eigenvalue weighted by atomic mass is 16.5. The first-order valence-corrected chi connectivity index (χ1v) is 10.3. The van der Waals surface area contributed by atoms with Crippen molar-refractivity contribution >= 4 is 11.8 Å². The molecule has 2 rings (SSSR count). The van der Waals surface area contributed by atoms with E-state index in [0.717, 1.165) is 19.3 Å². The summed E-state index contributed by atoms with van der Waals surface area (Å²) >= 11 is 0. The minimum absolute atomic E-state index is 0.0193. The molecule has 29 heavy (non-hydrogen) atoms. The molecule has 0 saturated heterocycles. The summed E-state index contributed by atoms with van der Waals surface area (Å²) in [6.45, 7) is 4.02. The first-order valence-electron chi connectivity index (χ1n) is 10.3. The SMILES string of the molecule is CCCCCCCCc1cc(C(=O)c2ccccc2O)cc(C(=O)OCC)c1O. The van der Waals surface area contributed by atoms with E-state index in [9.17, 15) is 19.8 Å².